The molecule has 0 aromatic carbocycles. The summed E-state index contributed by atoms with van der Waals surface area (Å²) in [5.74, 6) is 0.805. The van der Waals surface area contributed by atoms with E-state index in [2.05, 4.69) is 22.6 Å². The third kappa shape index (κ3) is 1.85. The lowest BCUT2D eigenvalue weighted by Crippen LogP contribution is -1.98. The van der Waals surface area contributed by atoms with Crippen molar-refractivity contribution in [3.8, 4) is 0 Å². The Balaban J connectivity index is 3.27. The summed E-state index contributed by atoms with van der Waals surface area (Å²) in [5, 5.41) is 1.69. The van der Waals surface area contributed by atoms with Gasteiger partial charge in [0.2, 0.25) is 0 Å². The molecular formula is C9H12N2S. The van der Waals surface area contributed by atoms with Gasteiger partial charge in [0.25, 0.3) is 0 Å². The lowest BCUT2D eigenvalue weighted by atomic mass is 10.2. The van der Waals surface area contributed by atoms with E-state index in [1.807, 2.05) is 26.8 Å². The number of hydrogen-bond acceptors (Lipinski definition) is 3. The van der Waals surface area contributed by atoms with Gasteiger partial charge in [-0.05, 0) is 37.8 Å². The first kappa shape index (κ1) is 9.26. The molecule has 0 unspecified atom stereocenters. The van der Waals surface area contributed by atoms with Gasteiger partial charge in [-0.3, -0.25) is 0 Å². The molecule has 3 heteroatoms. The highest BCUT2D eigenvalue weighted by molar-refractivity contribution is 7.83. The second kappa shape index (κ2) is 3.72. The van der Waals surface area contributed by atoms with E-state index in [1.165, 1.54) is 0 Å². The predicted molar refractivity (Wildman–Crippen MR) is 54.3 cm³/mol. The fraction of sp³-hybridized carbons (Fsp3) is 0.333. The van der Waals surface area contributed by atoms with Crippen LogP contribution in [0.15, 0.2) is 5.41 Å². The Morgan fingerprint density at radius 3 is 2.42 bits per heavy atom. The van der Waals surface area contributed by atoms with Crippen LogP contribution in [0, 0.1) is 20.8 Å². The highest BCUT2D eigenvalue weighted by Crippen LogP contribution is 2.10. The number of thiol groups is 1. The van der Waals surface area contributed by atoms with Crippen LogP contribution in [0.4, 0.5) is 0 Å². The van der Waals surface area contributed by atoms with E-state index in [0.29, 0.717) is 0 Å². The van der Waals surface area contributed by atoms with Gasteiger partial charge in [-0.1, -0.05) is 0 Å². The summed E-state index contributed by atoms with van der Waals surface area (Å²) < 4.78 is 0. The average molecular weight is 180 g/mol. The number of hydrogen-bond donors (Lipinski definition) is 1. The van der Waals surface area contributed by atoms with Gasteiger partial charge in [-0.2, -0.15) is 12.6 Å². The maximum absolute atomic E-state index is 4.28. The van der Waals surface area contributed by atoms with Gasteiger partial charge in [0.1, 0.15) is 5.82 Å². The Bertz CT molecular complexity index is 319. The van der Waals surface area contributed by atoms with Crippen LogP contribution in [0.5, 0.6) is 0 Å². The molecule has 0 aliphatic carbocycles. The largest absolute Gasteiger partial charge is 0.238 e. The zero-order valence-corrected chi connectivity index (χ0v) is 8.39. The lowest BCUT2D eigenvalue weighted by Gasteiger charge is -2.03. The Morgan fingerprint density at radius 2 is 1.83 bits per heavy atom. The van der Waals surface area contributed by atoms with Crippen LogP contribution >= 0.6 is 12.6 Å². The molecule has 0 aliphatic heterocycles. The van der Waals surface area contributed by atoms with E-state index in [4.69, 9.17) is 0 Å². The summed E-state index contributed by atoms with van der Waals surface area (Å²) in [5.41, 5.74) is 3.10. The van der Waals surface area contributed by atoms with Crippen molar-refractivity contribution in [3.63, 3.8) is 0 Å². The molecule has 0 fully saturated rings. The van der Waals surface area contributed by atoms with Crippen molar-refractivity contribution in [3.05, 3.63) is 28.2 Å². The second-order valence-corrected chi connectivity index (χ2v) is 2.98. The van der Waals surface area contributed by atoms with Gasteiger partial charge >= 0.3 is 0 Å². The van der Waals surface area contributed by atoms with Crippen LogP contribution in [0.1, 0.15) is 22.8 Å². The normalized spacial score (nSPS) is 11.0. The molecule has 64 valence electrons. The summed E-state index contributed by atoms with van der Waals surface area (Å²) >= 11 is 4.01. The smallest absolute Gasteiger partial charge is 0.126 e. The monoisotopic (exact) mass is 180 g/mol. The quantitative estimate of drug-likeness (QED) is 0.671. The number of aryl methyl sites for hydroxylation is 2. The minimum Gasteiger partial charge on any atom is -0.238 e. The average Bonchev–Trinajstić information content (AvgIpc) is 2.00. The number of nitrogens with zero attached hydrogens (tertiary/aromatic N) is 2. The molecule has 0 radical (unpaired) electrons. The van der Waals surface area contributed by atoms with E-state index in [1.54, 1.807) is 5.41 Å². The molecule has 1 rings (SSSR count). The highest BCUT2D eigenvalue weighted by atomic mass is 32.1. The number of rotatable bonds is 1. The summed E-state index contributed by atoms with van der Waals surface area (Å²) in [4.78, 5) is 8.52. The maximum Gasteiger partial charge on any atom is 0.126 e. The van der Waals surface area contributed by atoms with Crippen molar-refractivity contribution in [1.29, 1.82) is 0 Å². The van der Waals surface area contributed by atoms with Crippen molar-refractivity contribution in [2.45, 2.75) is 20.8 Å². The van der Waals surface area contributed by atoms with Crippen molar-refractivity contribution in [2.24, 2.45) is 0 Å². The van der Waals surface area contributed by atoms with Crippen LogP contribution in [-0.2, 0) is 0 Å². The molecule has 0 N–H and O–H groups in total. The lowest BCUT2D eigenvalue weighted by molar-refractivity contribution is 0.976. The molecule has 0 spiro atoms. The van der Waals surface area contributed by atoms with Gasteiger partial charge in [-0.15, -0.1) is 0 Å². The topological polar surface area (TPSA) is 25.8 Å². The Morgan fingerprint density at radius 1 is 1.17 bits per heavy atom. The van der Waals surface area contributed by atoms with Crippen LogP contribution in [0.2, 0.25) is 0 Å². The van der Waals surface area contributed by atoms with Gasteiger partial charge in [0.15, 0.2) is 0 Å². The summed E-state index contributed by atoms with van der Waals surface area (Å²) in [6.45, 7) is 5.89. The zero-order valence-electron chi connectivity index (χ0n) is 7.50. The van der Waals surface area contributed by atoms with Gasteiger partial charge in [-0.25, -0.2) is 9.97 Å². The molecule has 1 aromatic rings. The third-order valence-corrected chi connectivity index (χ3v) is 1.92. The highest BCUT2D eigenvalue weighted by Gasteiger charge is 2.01. The SMILES string of the molecule is Cc1nc(C)c(C)c(/C=C\S)n1. The molecule has 0 saturated carbocycles. The minimum atomic E-state index is 0.805. The molecule has 0 aliphatic rings. The fourth-order valence-electron chi connectivity index (χ4n) is 1.03. The zero-order chi connectivity index (χ0) is 9.14. The molecule has 0 bridgehead atoms. The van der Waals surface area contributed by atoms with E-state index in [0.717, 1.165) is 22.8 Å². The summed E-state index contributed by atoms with van der Waals surface area (Å²) in [6.07, 6.45) is 1.88. The van der Waals surface area contributed by atoms with E-state index >= 15 is 0 Å². The third-order valence-electron chi connectivity index (χ3n) is 1.77. The first-order valence-electron chi connectivity index (χ1n) is 3.77. The summed E-state index contributed by atoms with van der Waals surface area (Å²) in [6, 6.07) is 0. The molecule has 0 amide bonds. The molecule has 2 nitrogen and oxygen atoms in total. The molecule has 0 atom stereocenters. The van der Waals surface area contributed by atoms with Crippen molar-refractivity contribution < 1.29 is 0 Å². The second-order valence-electron chi connectivity index (χ2n) is 2.68. The first-order chi connectivity index (χ1) is 5.65. The van der Waals surface area contributed by atoms with Crippen LogP contribution < -0.4 is 0 Å². The van der Waals surface area contributed by atoms with Crippen molar-refractivity contribution in [2.75, 3.05) is 0 Å². The van der Waals surface area contributed by atoms with E-state index in [9.17, 15) is 0 Å². The van der Waals surface area contributed by atoms with Crippen LogP contribution in [0.3, 0.4) is 0 Å². The molecular weight excluding hydrogens is 168 g/mol. The minimum absolute atomic E-state index is 0.805. The molecule has 1 aromatic heterocycles. The first-order valence-corrected chi connectivity index (χ1v) is 4.29. The Kier molecular flexibility index (Phi) is 2.87. The standard InChI is InChI=1S/C9H12N2S/c1-6-7(2)10-8(3)11-9(6)4-5-12/h4-5,12H,1-3H3/b5-4-. The molecule has 1 heterocycles. The van der Waals surface area contributed by atoms with E-state index in [-0.39, 0.29) is 0 Å². The molecule has 0 saturated heterocycles. The molecule has 12 heavy (non-hydrogen) atoms. The Hall–Kier alpha value is -0.830. The number of aromatic nitrogens is 2. The fourth-order valence-corrected chi connectivity index (χ4v) is 1.17. The maximum atomic E-state index is 4.28. The van der Waals surface area contributed by atoms with Crippen molar-refractivity contribution >= 4 is 18.7 Å². The van der Waals surface area contributed by atoms with Gasteiger partial charge in [0, 0.05) is 5.69 Å². The van der Waals surface area contributed by atoms with Crippen LogP contribution in [0.25, 0.3) is 6.08 Å². The van der Waals surface area contributed by atoms with Gasteiger partial charge < -0.3 is 0 Å². The van der Waals surface area contributed by atoms with E-state index < -0.39 is 0 Å². The van der Waals surface area contributed by atoms with Crippen LogP contribution in [-0.4, -0.2) is 9.97 Å². The Labute approximate surface area is 78.2 Å². The van der Waals surface area contributed by atoms with Gasteiger partial charge in [0.05, 0.1) is 5.69 Å². The predicted octanol–water partition coefficient (Wildman–Crippen LogP) is 2.30. The summed E-state index contributed by atoms with van der Waals surface area (Å²) in [7, 11) is 0. The van der Waals surface area contributed by atoms with Crippen molar-refractivity contribution in [1.82, 2.24) is 9.97 Å².